The smallest absolute Gasteiger partial charge is 0.222 e. The Balaban J connectivity index is 2.16. The van der Waals surface area contributed by atoms with E-state index < -0.39 is 6.29 Å². The molecule has 1 atom stereocenters. The molecule has 0 spiro atoms. The van der Waals surface area contributed by atoms with Crippen molar-refractivity contribution in [3.63, 3.8) is 0 Å². The zero-order valence-electron chi connectivity index (χ0n) is 9.28. The molecule has 0 radical (unpaired) electrons. The summed E-state index contributed by atoms with van der Waals surface area (Å²) in [5, 5.41) is 8.89. The maximum Gasteiger partial charge on any atom is 0.222 e. The van der Waals surface area contributed by atoms with Gasteiger partial charge in [-0.1, -0.05) is 0 Å². The molecule has 2 rings (SSSR count). The first-order valence-corrected chi connectivity index (χ1v) is 4.93. The number of methoxy groups -OCH3 is 1. The largest absolute Gasteiger partial charge is 0.391 e. The first-order chi connectivity index (χ1) is 8.24. The van der Waals surface area contributed by atoms with Crippen molar-refractivity contribution in [1.82, 2.24) is 19.5 Å². The Bertz CT molecular complexity index is 496. The summed E-state index contributed by atoms with van der Waals surface area (Å²) in [5.74, 6) is 0.171. The highest BCUT2D eigenvalue weighted by Crippen LogP contribution is 2.10. The van der Waals surface area contributed by atoms with Crippen molar-refractivity contribution in [1.29, 1.82) is 0 Å². The molecule has 17 heavy (non-hydrogen) atoms. The van der Waals surface area contributed by atoms with Crippen LogP contribution in [0.25, 0.3) is 11.2 Å². The van der Waals surface area contributed by atoms with Gasteiger partial charge in [-0.25, -0.2) is 9.97 Å². The summed E-state index contributed by atoms with van der Waals surface area (Å²) in [7, 11) is 1.45. The predicted octanol–water partition coefficient (Wildman–Crippen LogP) is -0.653. The van der Waals surface area contributed by atoms with Crippen molar-refractivity contribution in [3.05, 3.63) is 12.5 Å². The minimum Gasteiger partial charge on any atom is -0.391 e. The summed E-state index contributed by atoms with van der Waals surface area (Å²) in [6, 6.07) is 0. The molecule has 0 aromatic carbocycles. The van der Waals surface area contributed by atoms with Crippen LogP contribution in [0.1, 0.15) is 0 Å². The minimum atomic E-state index is -0.674. The van der Waals surface area contributed by atoms with Crippen molar-refractivity contribution in [3.8, 4) is 0 Å². The Labute approximate surface area is 97.0 Å². The first kappa shape index (κ1) is 11.7. The molecule has 2 aromatic rings. The number of ether oxygens (including phenoxy) is 2. The Kier molecular flexibility index (Phi) is 3.47. The molecular formula is C9H13N5O3. The fraction of sp³-hybridized carbons (Fsp3) is 0.444. The maximum atomic E-state index is 8.89. The monoisotopic (exact) mass is 239 g/mol. The topological polar surface area (TPSA) is 108 Å². The number of fused-ring (bicyclic) bond motifs is 1. The van der Waals surface area contributed by atoms with Crippen molar-refractivity contribution in [2.24, 2.45) is 0 Å². The summed E-state index contributed by atoms with van der Waals surface area (Å²) in [4.78, 5) is 12.0. The molecule has 0 aliphatic heterocycles. The number of hydrogen-bond donors (Lipinski definition) is 2. The molecule has 0 amide bonds. The number of imidazole rings is 1. The first-order valence-electron chi connectivity index (χ1n) is 4.93. The summed E-state index contributed by atoms with van der Waals surface area (Å²) in [5.41, 5.74) is 6.69. The van der Waals surface area contributed by atoms with Crippen LogP contribution >= 0.6 is 0 Å². The number of nitrogen functional groups attached to an aromatic ring is 1. The van der Waals surface area contributed by atoms with Gasteiger partial charge in [0.15, 0.2) is 11.9 Å². The van der Waals surface area contributed by atoms with Gasteiger partial charge in [0, 0.05) is 7.11 Å². The van der Waals surface area contributed by atoms with E-state index in [0.29, 0.717) is 11.2 Å². The van der Waals surface area contributed by atoms with Crippen molar-refractivity contribution >= 4 is 17.1 Å². The molecule has 92 valence electrons. The van der Waals surface area contributed by atoms with Gasteiger partial charge in [-0.3, -0.25) is 4.57 Å². The summed E-state index contributed by atoms with van der Waals surface area (Å²) in [6.07, 6.45) is 2.42. The lowest BCUT2D eigenvalue weighted by molar-refractivity contribution is -0.165. The van der Waals surface area contributed by atoms with E-state index in [1.807, 2.05) is 0 Å². The van der Waals surface area contributed by atoms with E-state index >= 15 is 0 Å². The number of aliphatic hydroxyl groups is 1. The van der Waals surface area contributed by atoms with Gasteiger partial charge in [-0.2, -0.15) is 4.98 Å². The molecule has 8 heteroatoms. The maximum absolute atomic E-state index is 8.89. The molecule has 0 aliphatic rings. The Morgan fingerprint density at radius 2 is 2.35 bits per heavy atom. The van der Waals surface area contributed by atoms with Crippen LogP contribution in [0.3, 0.4) is 0 Å². The molecule has 0 saturated carbocycles. The number of aliphatic hydroxyl groups excluding tert-OH is 1. The highest BCUT2D eigenvalue weighted by molar-refractivity contribution is 5.70. The zero-order valence-corrected chi connectivity index (χ0v) is 9.28. The number of hydrogen-bond acceptors (Lipinski definition) is 7. The summed E-state index contributed by atoms with van der Waals surface area (Å²) in [6.45, 7) is -0.0632. The second-order valence-corrected chi connectivity index (χ2v) is 3.30. The fourth-order valence-corrected chi connectivity index (χ4v) is 1.32. The van der Waals surface area contributed by atoms with Crippen molar-refractivity contribution in [2.45, 2.75) is 13.0 Å². The van der Waals surface area contributed by atoms with E-state index in [1.165, 1.54) is 13.3 Å². The predicted molar refractivity (Wildman–Crippen MR) is 58.7 cm³/mol. The van der Waals surface area contributed by atoms with Crippen molar-refractivity contribution in [2.75, 3.05) is 19.5 Å². The van der Waals surface area contributed by atoms with Gasteiger partial charge in [0.05, 0.1) is 19.1 Å². The van der Waals surface area contributed by atoms with Gasteiger partial charge in [-0.15, -0.1) is 0 Å². The summed E-state index contributed by atoms with van der Waals surface area (Å²) >= 11 is 0. The van der Waals surface area contributed by atoms with Crippen LogP contribution in [0, 0.1) is 0 Å². The highest BCUT2D eigenvalue weighted by Gasteiger charge is 2.09. The third-order valence-electron chi connectivity index (χ3n) is 2.19. The van der Waals surface area contributed by atoms with E-state index in [9.17, 15) is 0 Å². The van der Waals surface area contributed by atoms with Crippen LogP contribution in [0.15, 0.2) is 12.5 Å². The normalized spacial score (nSPS) is 13.1. The van der Waals surface area contributed by atoms with Gasteiger partial charge < -0.3 is 20.3 Å². The lowest BCUT2D eigenvalue weighted by Gasteiger charge is -2.13. The van der Waals surface area contributed by atoms with Crippen LogP contribution in [0.2, 0.25) is 0 Å². The molecule has 0 saturated heterocycles. The van der Waals surface area contributed by atoms with Gasteiger partial charge in [-0.05, 0) is 0 Å². The van der Waals surface area contributed by atoms with Crippen LogP contribution in [0.4, 0.5) is 5.95 Å². The molecule has 0 aliphatic carbocycles. The van der Waals surface area contributed by atoms with Gasteiger partial charge >= 0.3 is 0 Å². The van der Waals surface area contributed by atoms with E-state index in [1.54, 1.807) is 10.9 Å². The van der Waals surface area contributed by atoms with Crippen molar-refractivity contribution < 1.29 is 14.6 Å². The van der Waals surface area contributed by atoms with E-state index in [0.717, 1.165) is 0 Å². The lowest BCUT2D eigenvalue weighted by atomic mass is 10.5. The number of aromatic nitrogens is 4. The summed E-state index contributed by atoms with van der Waals surface area (Å²) < 4.78 is 11.8. The molecule has 0 fully saturated rings. The molecular weight excluding hydrogens is 226 g/mol. The van der Waals surface area contributed by atoms with Crippen LogP contribution in [-0.4, -0.2) is 44.6 Å². The molecule has 3 N–H and O–H groups in total. The Hall–Kier alpha value is -1.77. The number of nitrogens with two attached hydrogens (primary N) is 1. The third kappa shape index (κ3) is 2.49. The number of anilines is 1. The molecule has 0 unspecified atom stereocenters. The van der Waals surface area contributed by atoms with E-state index in [2.05, 4.69) is 15.0 Å². The number of rotatable bonds is 5. The van der Waals surface area contributed by atoms with Gasteiger partial charge in [0.2, 0.25) is 5.95 Å². The average molecular weight is 239 g/mol. The Morgan fingerprint density at radius 3 is 3.06 bits per heavy atom. The number of nitrogens with zero attached hydrogens (tertiary/aromatic N) is 4. The van der Waals surface area contributed by atoms with E-state index in [-0.39, 0.29) is 19.3 Å². The van der Waals surface area contributed by atoms with E-state index in [4.69, 9.17) is 20.3 Å². The fourth-order valence-electron chi connectivity index (χ4n) is 1.32. The average Bonchev–Trinajstić information content (AvgIpc) is 2.73. The van der Waals surface area contributed by atoms with Gasteiger partial charge in [0.25, 0.3) is 0 Å². The molecule has 8 nitrogen and oxygen atoms in total. The second kappa shape index (κ2) is 5.04. The lowest BCUT2D eigenvalue weighted by Crippen LogP contribution is -2.21. The quantitative estimate of drug-likeness (QED) is 0.667. The minimum absolute atomic E-state index is 0.159. The van der Waals surface area contributed by atoms with Crippen LogP contribution in [-0.2, 0) is 16.2 Å². The van der Waals surface area contributed by atoms with Gasteiger partial charge in [0.1, 0.15) is 12.2 Å². The standard InChI is InChI=1S/C9H13N5O3/c1-16-7(3-15)17-5-14-4-12-6-2-11-9(10)13-8(6)14/h2,4,7,15H,3,5H2,1H3,(H2,10,11,13)/t7-/m1/s1. The zero-order chi connectivity index (χ0) is 12.3. The third-order valence-corrected chi connectivity index (χ3v) is 2.19. The molecule has 2 aromatic heterocycles. The Morgan fingerprint density at radius 1 is 1.53 bits per heavy atom. The SMILES string of the molecule is CO[C@@H](CO)OCn1cnc2cnc(N)nc21. The molecule has 0 bridgehead atoms. The molecule has 2 heterocycles. The highest BCUT2D eigenvalue weighted by atomic mass is 16.7. The van der Waals surface area contributed by atoms with Crippen LogP contribution in [0.5, 0.6) is 0 Å². The second-order valence-electron chi connectivity index (χ2n) is 3.30. The van der Waals surface area contributed by atoms with Crippen LogP contribution < -0.4 is 5.73 Å².